The van der Waals surface area contributed by atoms with Gasteiger partial charge in [-0.2, -0.15) is 0 Å². The highest BCUT2D eigenvalue weighted by Crippen LogP contribution is 2.13. The Morgan fingerprint density at radius 2 is 2.46 bits per heavy atom. The van der Waals surface area contributed by atoms with Gasteiger partial charge >= 0.3 is 0 Å². The van der Waals surface area contributed by atoms with Gasteiger partial charge in [0, 0.05) is 17.8 Å². The average Bonchev–Trinajstić information content (AvgIpc) is 2.16. The third-order valence-corrected chi connectivity index (χ3v) is 2.11. The zero-order valence-corrected chi connectivity index (χ0v) is 8.91. The Morgan fingerprint density at radius 1 is 1.69 bits per heavy atom. The van der Waals surface area contributed by atoms with E-state index in [1.807, 2.05) is 12.1 Å². The van der Waals surface area contributed by atoms with Crippen LogP contribution in [0.5, 0.6) is 0 Å². The topological polar surface area (TPSA) is 60.2 Å². The lowest BCUT2D eigenvalue weighted by Crippen LogP contribution is -2.31. The van der Waals surface area contributed by atoms with Crippen LogP contribution in [0.3, 0.4) is 0 Å². The first kappa shape index (κ1) is 10.6. The van der Waals surface area contributed by atoms with Crippen LogP contribution in [0.4, 0.5) is 0 Å². The molecular weight excluding hydrogens is 234 g/mol. The number of aromatic nitrogens is 1. The van der Waals surface area contributed by atoms with E-state index in [-0.39, 0.29) is 6.04 Å². The van der Waals surface area contributed by atoms with Crippen molar-refractivity contribution in [3.05, 3.63) is 28.5 Å². The number of nitrogens with one attached hydrogen (secondary N) is 1. The number of halogens is 1. The van der Waals surface area contributed by atoms with Gasteiger partial charge in [0.2, 0.25) is 0 Å². The summed E-state index contributed by atoms with van der Waals surface area (Å²) in [6, 6.07) is 3.76. The molecular formula is C8H12BrN3O. The second-order valence-corrected chi connectivity index (χ2v) is 3.49. The summed E-state index contributed by atoms with van der Waals surface area (Å²) in [4.78, 5) is 4.20. The van der Waals surface area contributed by atoms with E-state index in [9.17, 15) is 0 Å². The molecule has 1 heterocycles. The van der Waals surface area contributed by atoms with Crippen LogP contribution in [0.15, 0.2) is 22.8 Å². The Morgan fingerprint density at radius 3 is 2.92 bits per heavy atom. The number of nitrogens with two attached hydrogens (primary N) is 1. The number of hydrogen-bond donors (Lipinski definition) is 2. The van der Waals surface area contributed by atoms with Gasteiger partial charge in [-0.25, -0.2) is 5.43 Å². The summed E-state index contributed by atoms with van der Waals surface area (Å²) in [6.45, 7) is 0.505. The Labute approximate surface area is 85.6 Å². The predicted molar refractivity (Wildman–Crippen MR) is 53.9 cm³/mol. The van der Waals surface area contributed by atoms with Gasteiger partial charge in [0.25, 0.3) is 0 Å². The highest BCUT2D eigenvalue weighted by Gasteiger charge is 2.09. The van der Waals surface area contributed by atoms with Crippen LogP contribution >= 0.6 is 15.9 Å². The summed E-state index contributed by atoms with van der Waals surface area (Å²) in [6.07, 6.45) is 1.73. The van der Waals surface area contributed by atoms with Crippen LogP contribution in [-0.4, -0.2) is 18.7 Å². The van der Waals surface area contributed by atoms with Crippen LogP contribution in [0.2, 0.25) is 0 Å². The van der Waals surface area contributed by atoms with Crippen molar-refractivity contribution >= 4 is 15.9 Å². The molecule has 1 aromatic rings. The average molecular weight is 246 g/mol. The Hall–Kier alpha value is -0.490. The highest BCUT2D eigenvalue weighted by atomic mass is 79.9. The second-order valence-electron chi connectivity index (χ2n) is 2.58. The maximum Gasteiger partial charge on any atom is 0.0865 e. The van der Waals surface area contributed by atoms with E-state index in [0.29, 0.717) is 6.61 Å². The van der Waals surface area contributed by atoms with Gasteiger partial charge in [0.1, 0.15) is 0 Å². The molecule has 1 rings (SSSR count). The molecule has 0 aliphatic carbocycles. The number of nitrogens with zero attached hydrogens (tertiary/aromatic N) is 1. The molecule has 72 valence electrons. The monoisotopic (exact) mass is 245 g/mol. The van der Waals surface area contributed by atoms with Crippen molar-refractivity contribution in [2.24, 2.45) is 5.84 Å². The first-order chi connectivity index (χ1) is 6.27. The molecule has 1 aromatic heterocycles. The number of methoxy groups -OCH3 is 1. The van der Waals surface area contributed by atoms with Gasteiger partial charge in [-0.1, -0.05) is 0 Å². The molecule has 0 saturated carbocycles. The molecule has 0 radical (unpaired) electrons. The van der Waals surface area contributed by atoms with Crippen LogP contribution in [0, 0.1) is 0 Å². The van der Waals surface area contributed by atoms with Crippen molar-refractivity contribution in [1.29, 1.82) is 0 Å². The molecule has 3 N–H and O–H groups in total. The van der Waals surface area contributed by atoms with Crippen molar-refractivity contribution in [2.45, 2.75) is 6.04 Å². The molecule has 1 atom stereocenters. The Kier molecular flexibility index (Phi) is 4.31. The van der Waals surface area contributed by atoms with E-state index in [0.717, 1.165) is 10.2 Å². The van der Waals surface area contributed by atoms with E-state index in [4.69, 9.17) is 10.6 Å². The van der Waals surface area contributed by atoms with Gasteiger partial charge in [0.15, 0.2) is 0 Å². The van der Waals surface area contributed by atoms with Crippen molar-refractivity contribution < 1.29 is 4.74 Å². The summed E-state index contributed by atoms with van der Waals surface area (Å²) in [5.74, 6) is 5.35. The summed E-state index contributed by atoms with van der Waals surface area (Å²) in [5.41, 5.74) is 3.50. The maximum atomic E-state index is 5.35. The molecule has 0 fully saturated rings. The number of hydrazine groups is 1. The SMILES string of the molecule is COCC(NN)c1ccc(Br)cn1. The Balaban J connectivity index is 2.73. The molecule has 13 heavy (non-hydrogen) atoms. The lowest BCUT2D eigenvalue weighted by atomic mass is 10.2. The molecule has 0 aliphatic heterocycles. The first-order valence-electron chi connectivity index (χ1n) is 3.84. The molecule has 1 unspecified atom stereocenters. The molecule has 5 heteroatoms. The molecule has 0 spiro atoms. The Bertz CT molecular complexity index is 252. The minimum Gasteiger partial charge on any atom is -0.383 e. The quantitative estimate of drug-likeness (QED) is 0.614. The van der Waals surface area contributed by atoms with E-state index >= 15 is 0 Å². The first-order valence-corrected chi connectivity index (χ1v) is 4.63. The predicted octanol–water partition coefficient (Wildman–Crippen LogP) is 0.995. The molecule has 0 aliphatic rings. The fourth-order valence-corrected chi connectivity index (χ4v) is 1.21. The van der Waals surface area contributed by atoms with Crippen molar-refractivity contribution in [3.63, 3.8) is 0 Å². The van der Waals surface area contributed by atoms with Crippen LogP contribution in [-0.2, 0) is 4.74 Å². The maximum absolute atomic E-state index is 5.35. The minimum atomic E-state index is -0.0573. The van der Waals surface area contributed by atoms with Crippen molar-refractivity contribution in [3.8, 4) is 0 Å². The lowest BCUT2D eigenvalue weighted by Gasteiger charge is -2.13. The highest BCUT2D eigenvalue weighted by molar-refractivity contribution is 9.10. The van der Waals surface area contributed by atoms with E-state index in [1.54, 1.807) is 13.3 Å². The summed E-state index contributed by atoms with van der Waals surface area (Å²) in [5, 5.41) is 0. The largest absolute Gasteiger partial charge is 0.383 e. The van der Waals surface area contributed by atoms with Crippen molar-refractivity contribution in [2.75, 3.05) is 13.7 Å². The molecule has 0 amide bonds. The molecule has 0 aromatic carbocycles. The zero-order valence-electron chi connectivity index (χ0n) is 7.33. The molecule has 0 bridgehead atoms. The lowest BCUT2D eigenvalue weighted by molar-refractivity contribution is 0.166. The van der Waals surface area contributed by atoms with E-state index in [2.05, 4.69) is 26.3 Å². The third-order valence-electron chi connectivity index (χ3n) is 1.64. The van der Waals surface area contributed by atoms with E-state index < -0.39 is 0 Å². The minimum absolute atomic E-state index is 0.0573. The number of hydrogen-bond acceptors (Lipinski definition) is 4. The van der Waals surface area contributed by atoms with Gasteiger partial charge in [0.05, 0.1) is 18.3 Å². The third kappa shape index (κ3) is 3.04. The summed E-state index contributed by atoms with van der Waals surface area (Å²) >= 11 is 3.31. The number of rotatable bonds is 4. The molecule has 4 nitrogen and oxygen atoms in total. The fraction of sp³-hybridized carbons (Fsp3) is 0.375. The van der Waals surface area contributed by atoms with Crippen molar-refractivity contribution in [1.82, 2.24) is 10.4 Å². The summed E-state index contributed by atoms with van der Waals surface area (Å²) in [7, 11) is 1.63. The van der Waals surface area contributed by atoms with Crippen LogP contribution < -0.4 is 11.3 Å². The number of pyridine rings is 1. The van der Waals surface area contributed by atoms with Gasteiger partial charge in [-0.3, -0.25) is 10.8 Å². The zero-order chi connectivity index (χ0) is 9.68. The van der Waals surface area contributed by atoms with Gasteiger partial charge in [-0.05, 0) is 28.1 Å². The fourth-order valence-electron chi connectivity index (χ4n) is 0.979. The summed E-state index contributed by atoms with van der Waals surface area (Å²) < 4.78 is 5.93. The molecule has 0 saturated heterocycles. The van der Waals surface area contributed by atoms with Crippen LogP contribution in [0.1, 0.15) is 11.7 Å². The second kappa shape index (κ2) is 5.29. The van der Waals surface area contributed by atoms with Gasteiger partial charge in [-0.15, -0.1) is 0 Å². The normalized spacial score (nSPS) is 12.8. The van der Waals surface area contributed by atoms with Gasteiger partial charge < -0.3 is 4.74 Å². The number of ether oxygens (including phenoxy) is 1. The standard InChI is InChI=1S/C8H12BrN3O/c1-13-5-8(12-10)7-3-2-6(9)4-11-7/h2-4,8,12H,5,10H2,1H3. The van der Waals surface area contributed by atoms with Crippen LogP contribution in [0.25, 0.3) is 0 Å². The smallest absolute Gasteiger partial charge is 0.0865 e. The van der Waals surface area contributed by atoms with E-state index in [1.165, 1.54) is 0 Å².